The van der Waals surface area contributed by atoms with Gasteiger partial charge in [-0.15, -0.1) is 0 Å². The van der Waals surface area contributed by atoms with Crippen molar-refractivity contribution in [1.29, 1.82) is 0 Å². The van der Waals surface area contributed by atoms with E-state index < -0.39 is 206 Å². The minimum atomic E-state index is -2.15. The molecule has 25 N–H and O–H groups in total. The predicted octanol–water partition coefficient (Wildman–Crippen LogP) is -8.94. The predicted molar refractivity (Wildman–Crippen MR) is 319 cm³/mol. The topological polar surface area (TPSA) is 626 Å². The van der Waals surface area contributed by atoms with Crippen molar-refractivity contribution in [3.63, 3.8) is 0 Å². The van der Waals surface area contributed by atoms with Gasteiger partial charge in [-0.2, -0.15) is 12.6 Å². The fraction of sp³-hybridized carbons (Fsp3) is 0.547. The molecule has 504 valence electrons. The highest BCUT2D eigenvalue weighted by Gasteiger charge is 2.38. The lowest BCUT2D eigenvalue weighted by atomic mass is 9.99. The van der Waals surface area contributed by atoms with Crippen LogP contribution in [-0.4, -0.2) is 227 Å². The number of carbonyl (C=O) groups is 14. The molecule has 0 spiro atoms. The molecule has 2 rings (SSSR count). The number of hydrogen-bond donors (Lipinski definition) is 22. The van der Waals surface area contributed by atoms with Crippen LogP contribution in [0.5, 0.6) is 0 Å². The molecular formula is C53H81N17O20S. The summed E-state index contributed by atoms with van der Waals surface area (Å²) in [6.45, 7) is 3.97. The first-order valence-corrected chi connectivity index (χ1v) is 28.7. The quantitative estimate of drug-likeness (QED) is 0.0127. The number of carbonyl (C=O) groups excluding carboxylic acids is 11. The van der Waals surface area contributed by atoms with Crippen LogP contribution in [0.15, 0.2) is 47.8 Å². The van der Waals surface area contributed by atoms with Gasteiger partial charge in [0.05, 0.1) is 44.0 Å². The molecule has 2 aromatic rings. The van der Waals surface area contributed by atoms with Gasteiger partial charge in [0.25, 0.3) is 0 Å². The maximum Gasteiger partial charge on any atom is 0.328 e. The second-order valence-corrected chi connectivity index (χ2v) is 21.4. The van der Waals surface area contributed by atoms with Crippen molar-refractivity contribution < 1.29 is 97.8 Å². The lowest BCUT2D eigenvalue weighted by molar-refractivity contribution is -0.145. The van der Waals surface area contributed by atoms with Crippen molar-refractivity contribution in [3.05, 3.63) is 54.1 Å². The lowest BCUT2D eigenvalue weighted by Gasteiger charge is -2.29. The number of rotatable bonds is 41. The third-order valence-corrected chi connectivity index (χ3v) is 13.5. The molecule has 1 heterocycles. The summed E-state index contributed by atoms with van der Waals surface area (Å²) in [5.41, 5.74) is 22.9. The molecule has 38 heteroatoms. The lowest BCUT2D eigenvalue weighted by Crippen LogP contribution is -2.63. The minimum absolute atomic E-state index is 0.0221. The number of amides is 11. The molecule has 0 radical (unpaired) electrons. The molecule has 0 unspecified atom stereocenters. The van der Waals surface area contributed by atoms with Crippen molar-refractivity contribution in [1.82, 2.24) is 63.1 Å². The fourth-order valence-electron chi connectivity index (χ4n) is 8.26. The number of carboxylic acid groups (broad SMARTS) is 3. The first kappa shape index (κ1) is 77.6. The van der Waals surface area contributed by atoms with Crippen LogP contribution in [0.4, 0.5) is 0 Å². The largest absolute Gasteiger partial charge is 0.481 e. The second kappa shape index (κ2) is 38.8. The minimum Gasteiger partial charge on any atom is -0.481 e. The van der Waals surface area contributed by atoms with Crippen molar-refractivity contribution >= 4 is 101 Å². The van der Waals surface area contributed by atoms with Gasteiger partial charge in [0.1, 0.15) is 54.4 Å². The van der Waals surface area contributed by atoms with Gasteiger partial charge in [0.15, 0.2) is 12.0 Å². The average Bonchev–Trinajstić information content (AvgIpc) is 1.89. The summed E-state index contributed by atoms with van der Waals surface area (Å²) in [6.07, 6.45) is -4.68. The van der Waals surface area contributed by atoms with Gasteiger partial charge in [-0.25, -0.2) is 9.78 Å². The number of primary amides is 1. The van der Waals surface area contributed by atoms with Gasteiger partial charge in [-0.3, -0.25) is 67.3 Å². The van der Waals surface area contributed by atoms with E-state index in [0.29, 0.717) is 11.3 Å². The number of thiol groups is 1. The van der Waals surface area contributed by atoms with Gasteiger partial charge in [-0.1, -0.05) is 44.2 Å². The number of nitrogens with zero attached hydrogens (tertiary/aromatic N) is 2. The molecule has 0 aliphatic heterocycles. The zero-order valence-electron chi connectivity index (χ0n) is 50.0. The monoisotopic (exact) mass is 1310 g/mol. The number of aliphatic hydroxyl groups is 3. The molecule has 37 nitrogen and oxygen atoms in total. The highest BCUT2D eigenvalue weighted by Crippen LogP contribution is 2.12. The molecule has 91 heavy (non-hydrogen) atoms. The zero-order chi connectivity index (χ0) is 68.8. The number of aromatic nitrogens is 2. The Morgan fingerprint density at radius 2 is 1.01 bits per heavy atom. The number of imidazole rings is 1. The zero-order valence-corrected chi connectivity index (χ0v) is 50.8. The van der Waals surface area contributed by atoms with Gasteiger partial charge < -0.3 is 112 Å². The number of hydrogen-bond acceptors (Lipinski definition) is 21. The normalized spacial score (nSPS) is 15.3. The summed E-state index contributed by atoms with van der Waals surface area (Å²) < 4.78 is 0. The number of nitrogens with one attached hydrogen (secondary N) is 11. The van der Waals surface area contributed by atoms with Crippen molar-refractivity contribution in [2.45, 2.75) is 158 Å². The first-order valence-electron chi connectivity index (χ1n) is 28.1. The number of nitrogens with two attached hydrogens (primary N) is 4. The molecule has 1 aromatic carbocycles. The Morgan fingerprint density at radius 3 is 1.52 bits per heavy atom. The van der Waals surface area contributed by atoms with Gasteiger partial charge in [-0.05, 0) is 44.6 Å². The Kier molecular flexibility index (Phi) is 33.1. The summed E-state index contributed by atoms with van der Waals surface area (Å²) in [5.74, 6) is -19.5. The first-order chi connectivity index (χ1) is 42.7. The molecule has 0 aliphatic rings. The fourth-order valence-corrected chi connectivity index (χ4v) is 8.52. The number of guanidine groups is 1. The molecule has 0 saturated heterocycles. The number of aliphatic imine (C=N–C) groups is 1. The van der Waals surface area contributed by atoms with E-state index in [2.05, 4.69) is 70.1 Å². The van der Waals surface area contributed by atoms with Crippen LogP contribution in [0.1, 0.15) is 77.5 Å². The van der Waals surface area contributed by atoms with E-state index in [1.54, 1.807) is 30.3 Å². The molecule has 0 bridgehead atoms. The van der Waals surface area contributed by atoms with Gasteiger partial charge in [0, 0.05) is 43.5 Å². The van der Waals surface area contributed by atoms with E-state index in [9.17, 15) is 97.8 Å². The Labute approximate surface area is 525 Å². The Balaban J connectivity index is 2.37. The van der Waals surface area contributed by atoms with E-state index in [4.69, 9.17) is 22.9 Å². The number of benzene rings is 1. The summed E-state index contributed by atoms with van der Waals surface area (Å²) in [7, 11) is 0. The average molecular weight is 1310 g/mol. The Bertz CT molecular complexity index is 2880. The van der Waals surface area contributed by atoms with Crippen molar-refractivity contribution in [2.24, 2.45) is 33.8 Å². The summed E-state index contributed by atoms with van der Waals surface area (Å²) in [5, 5.41) is 82.0. The van der Waals surface area contributed by atoms with Crippen molar-refractivity contribution in [3.8, 4) is 0 Å². The number of aromatic amines is 1. The van der Waals surface area contributed by atoms with E-state index in [-0.39, 0.29) is 38.2 Å². The van der Waals surface area contributed by atoms with Crippen LogP contribution in [0.2, 0.25) is 0 Å². The molecule has 0 saturated carbocycles. The number of aliphatic carboxylic acids is 3. The second-order valence-electron chi connectivity index (χ2n) is 21.0. The summed E-state index contributed by atoms with van der Waals surface area (Å²) >= 11 is 4.09. The molecule has 0 fully saturated rings. The molecular weight excluding hydrogens is 1230 g/mol. The van der Waals surface area contributed by atoms with Crippen LogP contribution in [0.25, 0.3) is 0 Å². The third kappa shape index (κ3) is 27.8. The molecule has 13 atom stereocenters. The molecule has 11 amide bonds. The number of carboxylic acids is 3. The Hall–Kier alpha value is -9.53. The Morgan fingerprint density at radius 1 is 0.549 bits per heavy atom. The van der Waals surface area contributed by atoms with E-state index in [1.807, 2.05) is 10.6 Å². The standard InChI is InChI=1S/C53H81N17O20S/c1-23(2)39(50(87)62-29(11-8-14-59-53(56)57)44(81)70-41(25(4)73)52(89)90)68-47(84)31(15-26-9-6-5-7-10-26)65-51(88)40(24(3)72)69-49(86)35(21-91)67-46(83)33(18-38(77)78)64-45(82)32(17-36(55)74)63-48(85)34(20-71)66-43(80)30(12-13-37(75)76)61-42(79)28(54)16-27-19-58-22-60-27/h5-7,9-10,19,22-25,28-35,39-41,71-73,91H,8,11-18,20-21,54H2,1-4H3,(H2,55,74)(H,58,60)(H,61,79)(H,62,87)(H,63,85)(H,64,82)(H,65,88)(H,66,80)(H,67,83)(H,68,84)(H,69,86)(H,70,81)(H,75,76)(H,77,78)(H,89,90)(H4,56,57,59)/t24-,25-,28+,29+,30+,31+,32+,33+,34+,35+,39+,40+,41+/m1/s1. The van der Waals surface area contributed by atoms with Crippen LogP contribution >= 0.6 is 12.6 Å². The van der Waals surface area contributed by atoms with Crippen molar-refractivity contribution in [2.75, 3.05) is 18.9 Å². The highest BCUT2D eigenvalue weighted by atomic mass is 32.1. The molecule has 0 aliphatic carbocycles. The summed E-state index contributed by atoms with van der Waals surface area (Å²) in [6, 6.07) is -11.3. The highest BCUT2D eigenvalue weighted by molar-refractivity contribution is 7.80. The van der Waals surface area contributed by atoms with Gasteiger partial charge in [0.2, 0.25) is 65.0 Å². The van der Waals surface area contributed by atoms with Gasteiger partial charge >= 0.3 is 17.9 Å². The number of H-pyrrole nitrogens is 1. The van der Waals surface area contributed by atoms with Crippen LogP contribution in [0.3, 0.4) is 0 Å². The SMILES string of the molecule is CC(C)[C@H](NC(=O)[C@H](Cc1ccccc1)NC(=O)[C@@H](NC(=O)[C@H](CS)NC(=O)[C@H](CC(=O)O)NC(=O)[C@H](CC(N)=O)NC(=O)[C@H](CO)NC(=O)[C@H](CCC(=O)O)NC(=O)[C@@H](N)Cc1cnc[nH]1)[C@@H](C)O)C(=O)N[C@@H](CCCN=C(N)N)C(=O)N[C@H](C(=O)O)[C@@H](C)O. The maximum absolute atomic E-state index is 14.3. The van der Waals surface area contributed by atoms with Crippen LogP contribution in [-0.2, 0) is 80.0 Å². The molecule has 1 aromatic heterocycles. The van der Waals surface area contributed by atoms with Crippen LogP contribution in [0, 0.1) is 5.92 Å². The van der Waals surface area contributed by atoms with E-state index in [0.717, 1.165) is 13.8 Å². The van der Waals surface area contributed by atoms with Crippen LogP contribution < -0.4 is 76.1 Å². The third-order valence-electron chi connectivity index (χ3n) is 13.1. The number of aliphatic hydroxyl groups excluding tert-OH is 3. The van der Waals surface area contributed by atoms with E-state index in [1.165, 1.54) is 26.4 Å². The van der Waals surface area contributed by atoms with E-state index >= 15 is 0 Å². The summed E-state index contributed by atoms with van der Waals surface area (Å²) in [4.78, 5) is 195. The maximum atomic E-state index is 14.3. The smallest absolute Gasteiger partial charge is 0.328 e.